The van der Waals surface area contributed by atoms with Gasteiger partial charge in [0.2, 0.25) is 5.91 Å². The monoisotopic (exact) mass is 259 g/mol. The Morgan fingerprint density at radius 1 is 1.42 bits per heavy atom. The summed E-state index contributed by atoms with van der Waals surface area (Å²) < 4.78 is 0. The Morgan fingerprint density at radius 3 is 2.68 bits per heavy atom. The van der Waals surface area contributed by atoms with Crippen molar-refractivity contribution in [1.82, 2.24) is 10.2 Å². The fourth-order valence-corrected chi connectivity index (χ4v) is 1.79. The van der Waals surface area contributed by atoms with Crippen LogP contribution in [-0.4, -0.2) is 30.4 Å². The Bertz CT molecular complexity index is 425. The standard InChI is InChI=1S/C15H21N3O/c1-3-18(11-13(2)9-16)12-15(19)17-10-14-7-5-4-6-8-14/h4-8,13H,3,10-12H2,1-2H3,(H,17,19). The number of nitriles is 1. The van der Waals surface area contributed by atoms with E-state index in [1.807, 2.05) is 49.1 Å². The summed E-state index contributed by atoms with van der Waals surface area (Å²) in [6, 6.07) is 12.0. The van der Waals surface area contributed by atoms with Gasteiger partial charge in [0.25, 0.3) is 0 Å². The average Bonchev–Trinajstić information content (AvgIpc) is 2.45. The number of amides is 1. The van der Waals surface area contributed by atoms with E-state index in [0.29, 0.717) is 19.6 Å². The van der Waals surface area contributed by atoms with Gasteiger partial charge in [-0.3, -0.25) is 9.69 Å². The molecule has 0 spiro atoms. The smallest absolute Gasteiger partial charge is 0.234 e. The van der Waals surface area contributed by atoms with Gasteiger partial charge in [-0.15, -0.1) is 0 Å². The van der Waals surface area contributed by atoms with Crippen LogP contribution in [0.25, 0.3) is 0 Å². The third kappa shape index (κ3) is 6.03. The van der Waals surface area contributed by atoms with Crippen molar-refractivity contribution in [3.63, 3.8) is 0 Å². The fraction of sp³-hybridized carbons (Fsp3) is 0.467. The lowest BCUT2D eigenvalue weighted by molar-refractivity contribution is -0.122. The van der Waals surface area contributed by atoms with Gasteiger partial charge in [0.1, 0.15) is 0 Å². The van der Waals surface area contributed by atoms with Crippen LogP contribution in [0.5, 0.6) is 0 Å². The Hall–Kier alpha value is -1.86. The van der Waals surface area contributed by atoms with Crippen molar-refractivity contribution >= 4 is 5.91 Å². The number of rotatable bonds is 7. The van der Waals surface area contributed by atoms with Crippen molar-refractivity contribution in [3.8, 4) is 6.07 Å². The molecule has 1 unspecified atom stereocenters. The van der Waals surface area contributed by atoms with E-state index >= 15 is 0 Å². The first-order valence-electron chi connectivity index (χ1n) is 6.58. The molecule has 0 aliphatic heterocycles. The summed E-state index contributed by atoms with van der Waals surface area (Å²) in [4.78, 5) is 13.8. The molecule has 1 N–H and O–H groups in total. The normalized spacial score (nSPS) is 11.9. The molecule has 0 radical (unpaired) electrons. The molecule has 1 amide bonds. The van der Waals surface area contributed by atoms with E-state index < -0.39 is 0 Å². The van der Waals surface area contributed by atoms with Gasteiger partial charge in [-0.05, 0) is 19.0 Å². The van der Waals surface area contributed by atoms with E-state index in [2.05, 4.69) is 11.4 Å². The molecule has 1 aromatic rings. The molecule has 4 nitrogen and oxygen atoms in total. The quantitative estimate of drug-likeness (QED) is 0.812. The molecule has 1 aromatic carbocycles. The topological polar surface area (TPSA) is 56.1 Å². The number of hydrogen-bond donors (Lipinski definition) is 1. The van der Waals surface area contributed by atoms with Gasteiger partial charge in [0.15, 0.2) is 0 Å². The molecule has 1 atom stereocenters. The van der Waals surface area contributed by atoms with Crippen LogP contribution >= 0.6 is 0 Å². The Balaban J connectivity index is 2.35. The number of nitrogens with zero attached hydrogens (tertiary/aromatic N) is 2. The number of benzene rings is 1. The van der Waals surface area contributed by atoms with Crippen molar-refractivity contribution in [2.24, 2.45) is 5.92 Å². The molecule has 1 rings (SSSR count). The number of likely N-dealkylation sites (N-methyl/N-ethyl adjacent to an activating group) is 1. The van der Waals surface area contributed by atoms with Crippen LogP contribution in [0.3, 0.4) is 0 Å². The van der Waals surface area contributed by atoms with Crippen LogP contribution in [0, 0.1) is 17.2 Å². The summed E-state index contributed by atoms with van der Waals surface area (Å²) >= 11 is 0. The second-order valence-electron chi connectivity index (χ2n) is 4.62. The molecule has 0 bridgehead atoms. The highest BCUT2D eigenvalue weighted by atomic mass is 16.2. The largest absolute Gasteiger partial charge is 0.351 e. The van der Waals surface area contributed by atoms with Gasteiger partial charge in [-0.1, -0.05) is 37.3 Å². The summed E-state index contributed by atoms with van der Waals surface area (Å²) in [6.07, 6.45) is 0. The predicted molar refractivity (Wildman–Crippen MR) is 75.2 cm³/mol. The minimum absolute atomic E-state index is 0.00385. The maximum Gasteiger partial charge on any atom is 0.234 e. The zero-order chi connectivity index (χ0) is 14.1. The van der Waals surface area contributed by atoms with Crippen LogP contribution in [0.2, 0.25) is 0 Å². The molecular weight excluding hydrogens is 238 g/mol. The van der Waals surface area contributed by atoms with Gasteiger partial charge < -0.3 is 5.32 Å². The third-order valence-electron chi connectivity index (χ3n) is 2.90. The van der Waals surface area contributed by atoms with E-state index in [9.17, 15) is 4.79 Å². The van der Waals surface area contributed by atoms with Gasteiger partial charge >= 0.3 is 0 Å². The molecule has 0 aliphatic rings. The van der Waals surface area contributed by atoms with Gasteiger partial charge in [0.05, 0.1) is 18.5 Å². The SMILES string of the molecule is CCN(CC(=O)NCc1ccccc1)CC(C)C#N. The van der Waals surface area contributed by atoms with Crippen molar-refractivity contribution in [2.75, 3.05) is 19.6 Å². The lowest BCUT2D eigenvalue weighted by Crippen LogP contribution is -2.38. The molecule has 0 fully saturated rings. The van der Waals surface area contributed by atoms with E-state index in [4.69, 9.17) is 5.26 Å². The fourth-order valence-electron chi connectivity index (χ4n) is 1.79. The maximum absolute atomic E-state index is 11.8. The number of nitrogens with one attached hydrogen (secondary N) is 1. The van der Waals surface area contributed by atoms with Crippen molar-refractivity contribution in [2.45, 2.75) is 20.4 Å². The molecule has 4 heteroatoms. The molecule has 0 heterocycles. The molecule has 0 aliphatic carbocycles. The minimum Gasteiger partial charge on any atom is -0.351 e. The lowest BCUT2D eigenvalue weighted by Gasteiger charge is -2.20. The summed E-state index contributed by atoms with van der Waals surface area (Å²) in [6.45, 7) is 6.15. The van der Waals surface area contributed by atoms with E-state index in [-0.39, 0.29) is 11.8 Å². The van der Waals surface area contributed by atoms with Gasteiger partial charge in [-0.2, -0.15) is 5.26 Å². The number of carbonyl (C=O) groups excluding carboxylic acids is 1. The third-order valence-corrected chi connectivity index (χ3v) is 2.90. The van der Waals surface area contributed by atoms with E-state index in [1.54, 1.807) is 0 Å². The van der Waals surface area contributed by atoms with E-state index in [1.165, 1.54) is 0 Å². The molecule has 102 valence electrons. The van der Waals surface area contributed by atoms with Crippen LogP contribution in [0.15, 0.2) is 30.3 Å². The highest BCUT2D eigenvalue weighted by Crippen LogP contribution is 1.99. The van der Waals surface area contributed by atoms with Crippen molar-refractivity contribution in [1.29, 1.82) is 5.26 Å². The predicted octanol–water partition coefficient (Wildman–Crippen LogP) is 1.78. The summed E-state index contributed by atoms with van der Waals surface area (Å²) in [7, 11) is 0. The lowest BCUT2D eigenvalue weighted by atomic mass is 10.2. The molecule has 0 aromatic heterocycles. The minimum atomic E-state index is -0.0538. The second kappa shape index (κ2) is 8.28. The Morgan fingerprint density at radius 2 is 2.11 bits per heavy atom. The number of carbonyl (C=O) groups is 1. The van der Waals surface area contributed by atoms with Crippen LogP contribution < -0.4 is 5.32 Å². The van der Waals surface area contributed by atoms with Crippen LogP contribution in [0.1, 0.15) is 19.4 Å². The zero-order valence-corrected chi connectivity index (χ0v) is 11.6. The highest BCUT2D eigenvalue weighted by Gasteiger charge is 2.11. The maximum atomic E-state index is 11.8. The van der Waals surface area contributed by atoms with Crippen molar-refractivity contribution in [3.05, 3.63) is 35.9 Å². The highest BCUT2D eigenvalue weighted by molar-refractivity contribution is 5.78. The first-order valence-corrected chi connectivity index (χ1v) is 6.58. The second-order valence-corrected chi connectivity index (χ2v) is 4.62. The summed E-state index contributed by atoms with van der Waals surface area (Å²) in [5, 5.41) is 11.7. The molecule has 0 saturated carbocycles. The number of hydrogen-bond acceptors (Lipinski definition) is 3. The molecule has 19 heavy (non-hydrogen) atoms. The van der Waals surface area contributed by atoms with Gasteiger partial charge in [-0.25, -0.2) is 0 Å². The Kier molecular flexibility index (Phi) is 6.62. The first-order chi connectivity index (χ1) is 9.15. The van der Waals surface area contributed by atoms with Gasteiger partial charge in [0, 0.05) is 13.1 Å². The van der Waals surface area contributed by atoms with Crippen LogP contribution in [0.4, 0.5) is 0 Å². The summed E-state index contributed by atoms with van der Waals surface area (Å²) in [5.74, 6) is -0.0577. The molecule has 0 saturated heterocycles. The molecular formula is C15H21N3O. The van der Waals surface area contributed by atoms with Crippen molar-refractivity contribution < 1.29 is 4.79 Å². The van der Waals surface area contributed by atoms with Crippen LogP contribution in [-0.2, 0) is 11.3 Å². The first kappa shape index (κ1) is 15.2. The Labute approximate surface area is 115 Å². The summed E-state index contributed by atoms with van der Waals surface area (Å²) in [5.41, 5.74) is 1.09. The zero-order valence-electron chi connectivity index (χ0n) is 11.6. The average molecular weight is 259 g/mol. The van der Waals surface area contributed by atoms with E-state index in [0.717, 1.165) is 12.1 Å².